The van der Waals surface area contributed by atoms with E-state index < -0.39 is 0 Å². The Balaban J connectivity index is 1.97. The molecule has 0 bridgehead atoms. The molecule has 4 rings (SSSR count). The molecular weight excluding hydrogens is 262 g/mol. The molecular formula is C13H18N3S2+3. The van der Waals surface area contributed by atoms with Gasteiger partial charge in [-0.15, -0.1) is 0 Å². The van der Waals surface area contributed by atoms with E-state index >= 15 is 0 Å². The summed E-state index contributed by atoms with van der Waals surface area (Å²) < 4.78 is 6.12. The van der Waals surface area contributed by atoms with Gasteiger partial charge >= 0.3 is 16.3 Å². The molecule has 0 N–H and O–H groups in total. The van der Waals surface area contributed by atoms with Crippen LogP contribution in [0.15, 0.2) is 23.2 Å². The monoisotopic (exact) mass is 280 g/mol. The number of thiazole rings is 2. The molecule has 0 fully saturated rings. The molecule has 0 amide bonds. The molecule has 2 aromatic rings. The molecule has 5 heteroatoms. The van der Waals surface area contributed by atoms with Crippen molar-refractivity contribution in [1.29, 1.82) is 0 Å². The second kappa shape index (κ2) is 3.21. The van der Waals surface area contributed by atoms with Crippen LogP contribution in [0.1, 0.15) is 37.1 Å². The summed E-state index contributed by atoms with van der Waals surface area (Å²) in [4.78, 5) is 0. The van der Waals surface area contributed by atoms with E-state index in [1.54, 1.807) is 0 Å². The molecule has 0 radical (unpaired) electrons. The molecule has 0 unspecified atom stereocenters. The smallest absolute Gasteiger partial charge is 0.181 e. The van der Waals surface area contributed by atoms with Crippen LogP contribution in [0.4, 0.5) is 0 Å². The van der Waals surface area contributed by atoms with Crippen molar-refractivity contribution < 1.29 is 13.6 Å². The van der Waals surface area contributed by atoms with Gasteiger partial charge in [0.15, 0.2) is 25.5 Å². The number of quaternary nitrogens is 1. The van der Waals surface area contributed by atoms with Crippen molar-refractivity contribution in [3.63, 3.8) is 0 Å². The topological polar surface area (TPSA) is 7.76 Å². The fourth-order valence-corrected chi connectivity index (χ4v) is 5.28. The van der Waals surface area contributed by atoms with Gasteiger partial charge in [-0.05, 0) is 20.8 Å². The summed E-state index contributed by atoms with van der Waals surface area (Å²) in [7, 11) is 0. The van der Waals surface area contributed by atoms with E-state index in [0.717, 1.165) is 4.48 Å². The number of nitrogens with zero attached hydrogens (tertiary/aromatic N) is 3. The third-order valence-electron chi connectivity index (χ3n) is 4.54. The van der Waals surface area contributed by atoms with Gasteiger partial charge in [-0.1, -0.05) is 31.8 Å². The maximum atomic E-state index is 2.49. The predicted molar refractivity (Wildman–Crippen MR) is 70.9 cm³/mol. The molecule has 0 aliphatic carbocycles. The summed E-state index contributed by atoms with van der Waals surface area (Å²) >= 11 is 3.80. The Morgan fingerprint density at radius 3 is 2.00 bits per heavy atom. The van der Waals surface area contributed by atoms with Crippen LogP contribution in [0.2, 0.25) is 0 Å². The van der Waals surface area contributed by atoms with E-state index in [9.17, 15) is 0 Å². The zero-order valence-electron chi connectivity index (χ0n) is 11.0. The van der Waals surface area contributed by atoms with E-state index in [1.165, 1.54) is 23.1 Å². The summed E-state index contributed by atoms with van der Waals surface area (Å²) in [6, 6.07) is 0. The van der Waals surface area contributed by atoms with Gasteiger partial charge < -0.3 is 0 Å². The summed E-state index contributed by atoms with van der Waals surface area (Å²) in [5, 5.41) is 7.46. The van der Waals surface area contributed by atoms with Crippen LogP contribution < -0.4 is 9.13 Å². The Kier molecular flexibility index (Phi) is 1.98. The Morgan fingerprint density at radius 2 is 1.56 bits per heavy atom. The quantitative estimate of drug-likeness (QED) is 0.515. The Hall–Kier alpha value is -0.780. The molecule has 0 atom stereocenters. The Bertz CT molecular complexity index is 576. The number of rotatable bonds is 0. The van der Waals surface area contributed by atoms with E-state index in [4.69, 9.17) is 0 Å². The van der Waals surface area contributed by atoms with Crippen LogP contribution in [-0.2, 0) is 13.1 Å². The summed E-state index contributed by atoms with van der Waals surface area (Å²) in [6.07, 6.45) is 4.96. The van der Waals surface area contributed by atoms with Crippen molar-refractivity contribution in [3.8, 4) is 0 Å². The second-order valence-electron chi connectivity index (χ2n) is 6.28. The predicted octanol–water partition coefficient (Wildman–Crippen LogP) is 2.03. The lowest BCUT2D eigenvalue weighted by Gasteiger charge is -2.37. The largest absolute Gasteiger partial charge is 0.486 e. The summed E-state index contributed by atoms with van der Waals surface area (Å²) in [5.41, 5.74) is 0.266. The number of hydrogen-bond donors (Lipinski definition) is 0. The van der Waals surface area contributed by atoms with Crippen LogP contribution in [0.5, 0.6) is 0 Å². The highest BCUT2D eigenvalue weighted by Crippen LogP contribution is 2.43. The van der Waals surface area contributed by atoms with E-state index in [2.05, 4.69) is 53.1 Å². The van der Waals surface area contributed by atoms with Crippen LogP contribution in [0.25, 0.3) is 0 Å². The van der Waals surface area contributed by atoms with Crippen molar-refractivity contribution >= 4 is 22.7 Å². The van der Waals surface area contributed by atoms with Gasteiger partial charge in [-0.25, -0.2) is 0 Å². The van der Waals surface area contributed by atoms with Gasteiger partial charge in [-0.2, -0.15) is 4.48 Å². The van der Waals surface area contributed by atoms with Crippen LogP contribution >= 0.6 is 22.7 Å². The molecule has 2 aromatic heterocycles. The fraction of sp³-hybridized carbons (Fsp3) is 0.538. The molecule has 3 nitrogen and oxygen atoms in total. The molecule has 0 aromatic carbocycles. The molecule has 2 aliphatic heterocycles. The SMILES string of the molecule is CC(C)(C)[N+]12Cc3scc[n+]3C1[n+]1ccsc1C2. The average Bonchev–Trinajstić information content (AvgIpc) is 2.90. The normalized spacial score (nSPS) is 29.2. The molecule has 0 saturated carbocycles. The maximum absolute atomic E-state index is 2.49. The Morgan fingerprint density at radius 1 is 1.06 bits per heavy atom. The van der Waals surface area contributed by atoms with E-state index in [1.807, 2.05) is 22.7 Å². The highest BCUT2D eigenvalue weighted by Gasteiger charge is 2.70. The second-order valence-corrected chi connectivity index (χ2v) is 8.23. The number of aromatic nitrogens is 2. The van der Waals surface area contributed by atoms with Gasteiger partial charge in [0, 0.05) is 0 Å². The molecule has 0 spiro atoms. The molecule has 18 heavy (non-hydrogen) atoms. The van der Waals surface area contributed by atoms with Gasteiger partial charge in [0.25, 0.3) is 0 Å². The Labute approximate surface area is 115 Å². The first-order valence-electron chi connectivity index (χ1n) is 6.35. The minimum absolute atomic E-state index is 0.266. The highest BCUT2D eigenvalue weighted by molar-refractivity contribution is 7.09. The number of fused-ring (bicyclic) bond motifs is 5. The standard InChI is InChI=1S/C13H18N3S2/c1-13(2,3)16-8-10-14(4-6-17-10)12(16)15-5-7-18-11(15)9-16/h4-7,12H,8-9H2,1-3H3/q+3. The highest BCUT2D eigenvalue weighted by atomic mass is 32.1. The lowest BCUT2D eigenvalue weighted by molar-refractivity contribution is -1.18. The van der Waals surface area contributed by atoms with Gasteiger partial charge in [0.2, 0.25) is 0 Å². The molecule has 0 saturated heterocycles. The third kappa shape index (κ3) is 1.13. The maximum Gasteiger partial charge on any atom is 0.486 e. The fourth-order valence-electron chi connectivity index (χ4n) is 3.42. The van der Waals surface area contributed by atoms with Gasteiger partial charge in [-0.3, -0.25) is 0 Å². The van der Waals surface area contributed by atoms with Gasteiger partial charge in [0.05, 0.1) is 10.8 Å². The first-order valence-corrected chi connectivity index (χ1v) is 8.11. The average molecular weight is 280 g/mol. The minimum Gasteiger partial charge on any atom is -0.181 e. The van der Waals surface area contributed by atoms with E-state index in [-0.39, 0.29) is 5.54 Å². The molecule has 94 valence electrons. The van der Waals surface area contributed by atoms with Crippen molar-refractivity contribution in [2.45, 2.75) is 45.7 Å². The van der Waals surface area contributed by atoms with Crippen molar-refractivity contribution in [2.75, 3.05) is 0 Å². The first-order chi connectivity index (χ1) is 8.53. The lowest BCUT2D eigenvalue weighted by Crippen LogP contribution is -2.66. The van der Waals surface area contributed by atoms with Crippen LogP contribution in [0.3, 0.4) is 0 Å². The van der Waals surface area contributed by atoms with Crippen molar-refractivity contribution in [2.24, 2.45) is 0 Å². The lowest BCUT2D eigenvalue weighted by atomic mass is 10.0. The molecule has 2 aliphatic rings. The third-order valence-corrected chi connectivity index (χ3v) is 6.28. The number of hydrogen-bond acceptors (Lipinski definition) is 2. The zero-order chi connectivity index (χ0) is 12.5. The minimum atomic E-state index is 0.266. The van der Waals surface area contributed by atoms with Crippen LogP contribution in [0, 0.1) is 0 Å². The molecule has 4 heterocycles. The van der Waals surface area contributed by atoms with Crippen molar-refractivity contribution in [3.05, 3.63) is 33.2 Å². The van der Waals surface area contributed by atoms with Gasteiger partial charge in [0.1, 0.15) is 5.54 Å². The zero-order valence-corrected chi connectivity index (χ0v) is 12.6. The van der Waals surface area contributed by atoms with Crippen LogP contribution in [-0.4, -0.2) is 10.0 Å². The first kappa shape index (κ1) is 11.1. The summed E-state index contributed by atoms with van der Waals surface area (Å²) in [6.45, 7) is 9.48. The summed E-state index contributed by atoms with van der Waals surface area (Å²) in [5.74, 6) is 0. The van der Waals surface area contributed by atoms with E-state index in [0.29, 0.717) is 6.29 Å². The van der Waals surface area contributed by atoms with Crippen molar-refractivity contribution in [1.82, 2.24) is 0 Å².